The monoisotopic (exact) mass is 244 g/mol. The van der Waals surface area contributed by atoms with Gasteiger partial charge in [-0.1, -0.05) is 6.07 Å². The van der Waals surface area contributed by atoms with Gasteiger partial charge in [0.15, 0.2) is 0 Å². The van der Waals surface area contributed by atoms with Gasteiger partial charge in [0.25, 0.3) is 0 Å². The highest BCUT2D eigenvalue weighted by atomic mass is 15.3. The second-order valence-electron chi connectivity index (χ2n) is 5.06. The third-order valence-electron chi connectivity index (χ3n) is 3.66. The number of likely N-dealkylation sites (N-methyl/N-ethyl adjacent to an activating group) is 1. The molecule has 96 valence electrons. The molecule has 0 radical (unpaired) electrons. The van der Waals surface area contributed by atoms with Crippen LogP contribution in [-0.4, -0.2) is 47.0 Å². The third-order valence-corrected chi connectivity index (χ3v) is 3.66. The molecule has 0 spiro atoms. The molecule has 0 N–H and O–H groups in total. The van der Waals surface area contributed by atoms with Crippen molar-refractivity contribution in [3.63, 3.8) is 0 Å². The van der Waals surface area contributed by atoms with Crippen molar-refractivity contribution >= 4 is 0 Å². The zero-order chi connectivity index (χ0) is 13.0. The second-order valence-corrected chi connectivity index (χ2v) is 5.06. The molecule has 1 aliphatic heterocycles. The molecular formula is C14H20N4. The molecule has 4 nitrogen and oxygen atoms in total. The SMILES string of the molecule is CC1CN(C)C(CC#N)CN1Cc1ccccn1. The minimum atomic E-state index is 0.343. The van der Waals surface area contributed by atoms with E-state index in [0.717, 1.165) is 25.3 Å². The summed E-state index contributed by atoms with van der Waals surface area (Å²) < 4.78 is 0. The average molecular weight is 244 g/mol. The molecular weight excluding hydrogens is 224 g/mol. The summed E-state index contributed by atoms with van der Waals surface area (Å²) in [5.74, 6) is 0. The average Bonchev–Trinajstić information content (AvgIpc) is 2.37. The van der Waals surface area contributed by atoms with Crippen LogP contribution in [0.25, 0.3) is 0 Å². The first-order chi connectivity index (χ1) is 8.70. The van der Waals surface area contributed by atoms with Crippen molar-refractivity contribution in [1.29, 1.82) is 5.26 Å². The maximum Gasteiger partial charge on any atom is 0.0638 e. The molecule has 2 unspecified atom stereocenters. The molecule has 0 aliphatic carbocycles. The normalized spacial score (nSPS) is 25.8. The maximum atomic E-state index is 8.87. The van der Waals surface area contributed by atoms with Gasteiger partial charge in [0.1, 0.15) is 0 Å². The summed E-state index contributed by atoms with van der Waals surface area (Å²) in [5, 5.41) is 8.87. The second kappa shape index (κ2) is 5.94. The molecule has 1 aliphatic rings. The van der Waals surface area contributed by atoms with Crippen LogP contribution in [0.15, 0.2) is 24.4 Å². The first-order valence-corrected chi connectivity index (χ1v) is 6.42. The minimum Gasteiger partial charge on any atom is -0.300 e. The summed E-state index contributed by atoms with van der Waals surface area (Å²) in [6.07, 6.45) is 2.44. The molecule has 2 rings (SSSR count). The number of aromatic nitrogens is 1. The fourth-order valence-corrected chi connectivity index (χ4v) is 2.52. The van der Waals surface area contributed by atoms with Crippen molar-refractivity contribution in [3.8, 4) is 6.07 Å². The molecule has 0 amide bonds. The van der Waals surface area contributed by atoms with Crippen LogP contribution in [0.4, 0.5) is 0 Å². The van der Waals surface area contributed by atoms with E-state index in [1.807, 2.05) is 18.3 Å². The van der Waals surface area contributed by atoms with Gasteiger partial charge in [-0.3, -0.25) is 14.8 Å². The van der Waals surface area contributed by atoms with Gasteiger partial charge in [0.2, 0.25) is 0 Å². The number of nitriles is 1. The Morgan fingerprint density at radius 2 is 2.28 bits per heavy atom. The lowest BCUT2D eigenvalue weighted by atomic mass is 10.1. The third kappa shape index (κ3) is 3.06. The fraction of sp³-hybridized carbons (Fsp3) is 0.571. The van der Waals surface area contributed by atoms with Crippen LogP contribution in [0.2, 0.25) is 0 Å². The van der Waals surface area contributed by atoms with Crippen molar-refractivity contribution in [2.24, 2.45) is 0 Å². The molecule has 1 aromatic rings. The lowest BCUT2D eigenvalue weighted by Gasteiger charge is -2.43. The molecule has 2 atom stereocenters. The van der Waals surface area contributed by atoms with Crippen molar-refractivity contribution < 1.29 is 0 Å². The van der Waals surface area contributed by atoms with Gasteiger partial charge in [0, 0.05) is 37.9 Å². The molecule has 0 bridgehead atoms. The van der Waals surface area contributed by atoms with Crippen LogP contribution in [-0.2, 0) is 6.54 Å². The molecule has 1 saturated heterocycles. The van der Waals surface area contributed by atoms with Crippen molar-refractivity contribution in [2.45, 2.75) is 32.0 Å². The van der Waals surface area contributed by atoms with E-state index in [-0.39, 0.29) is 0 Å². The number of pyridine rings is 1. The Labute approximate surface area is 109 Å². The standard InChI is InChI=1S/C14H20N4/c1-12-9-17(2)14(6-7-15)11-18(12)10-13-5-3-4-8-16-13/h3-5,8,12,14H,6,9-11H2,1-2H3. The van der Waals surface area contributed by atoms with Crippen LogP contribution in [0.5, 0.6) is 0 Å². The molecule has 18 heavy (non-hydrogen) atoms. The maximum absolute atomic E-state index is 8.87. The van der Waals surface area contributed by atoms with Gasteiger partial charge in [0.05, 0.1) is 18.2 Å². The van der Waals surface area contributed by atoms with E-state index in [2.05, 4.69) is 40.9 Å². The zero-order valence-electron chi connectivity index (χ0n) is 11.1. The van der Waals surface area contributed by atoms with E-state index in [9.17, 15) is 0 Å². The van der Waals surface area contributed by atoms with Crippen LogP contribution in [0.3, 0.4) is 0 Å². The van der Waals surface area contributed by atoms with Crippen molar-refractivity contribution in [1.82, 2.24) is 14.8 Å². The summed E-state index contributed by atoms with van der Waals surface area (Å²) in [5.41, 5.74) is 1.10. The van der Waals surface area contributed by atoms with Gasteiger partial charge < -0.3 is 0 Å². The molecule has 0 aromatic carbocycles. The van der Waals surface area contributed by atoms with E-state index in [0.29, 0.717) is 18.5 Å². The Morgan fingerprint density at radius 3 is 2.94 bits per heavy atom. The smallest absolute Gasteiger partial charge is 0.0638 e. The Bertz CT molecular complexity index is 412. The van der Waals surface area contributed by atoms with Crippen LogP contribution >= 0.6 is 0 Å². The molecule has 4 heteroatoms. The van der Waals surface area contributed by atoms with Crippen molar-refractivity contribution in [2.75, 3.05) is 20.1 Å². The summed E-state index contributed by atoms with van der Waals surface area (Å²) in [7, 11) is 2.11. The summed E-state index contributed by atoms with van der Waals surface area (Å²) in [6, 6.07) is 9.16. The topological polar surface area (TPSA) is 43.2 Å². The predicted octanol–water partition coefficient (Wildman–Crippen LogP) is 1.50. The van der Waals surface area contributed by atoms with Gasteiger partial charge in [-0.25, -0.2) is 0 Å². The number of piperazine rings is 1. The van der Waals surface area contributed by atoms with E-state index >= 15 is 0 Å². The molecule has 2 heterocycles. The summed E-state index contributed by atoms with van der Waals surface area (Å²) >= 11 is 0. The molecule has 1 aromatic heterocycles. The Morgan fingerprint density at radius 1 is 1.44 bits per heavy atom. The van der Waals surface area contributed by atoms with E-state index in [4.69, 9.17) is 5.26 Å². The highest BCUT2D eigenvalue weighted by Gasteiger charge is 2.29. The first kappa shape index (κ1) is 13.0. The van der Waals surface area contributed by atoms with Gasteiger partial charge in [-0.05, 0) is 26.1 Å². The number of nitrogens with zero attached hydrogens (tertiary/aromatic N) is 4. The Hall–Kier alpha value is -1.44. The summed E-state index contributed by atoms with van der Waals surface area (Å²) in [4.78, 5) is 9.09. The lowest BCUT2D eigenvalue weighted by Crippen LogP contribution is -2.55. The van der Waals surface area contributed by atoms with Crippen LogP contribution in [0.1, 0.15) is 19.0 Å². The quantitative estimate of drug-likeness (QED) is 0.808. The number of rotatable bonds is 3. The fourth-order valence-electron chi connectivity index (χ4n) is 2.52. The largest absolute Gasteiger partial charge is 0.300 e. The Kier molecular flexibility index (Phi) is 4.29. The minimum absolute atomic E-state index is 0.343. The molecule has 0 saturated carbocycles. The van der Waals surface area contributed by atoms with E-state index < -0.39 is 0 Å². The number of hydrogen-bond donors (Lipinski definition) is 0. The molecule has 1 fully saturated rings. The van der Waals surface area contributed by atoms with Crippen LogP contribution < -0.4 is 0 Å². The first-order valence-electron chi connectivity index (χ1n) is 6.42. The van der Waals surface area contributed by atoms with Crippen LogP contribution in [0, 0.1) is 11.3 Å². The lowest BCUT2D eigenvalue weighted by molar-refractivity contribution is 0.0480. The van der Waals surface area contributed by atoms with E-state index in [1.165, 1.54) is 0 Å². The predicted molar refractivity (Wildman–Crippen MR) is 70.8 cm³/mol. The van der Waals surface area contributed by atoms with Crippen molar-refractivity contribution in [3.05, 3.63) is 30.1 Å². The Balaban J connectivity index is 2.01. The highest BCUT2D eigenvalue weighted by Crippen LogP contribution is 2.17. The number of hydrogen-bond acceptors (Lipinski definition) is 4. The van der Waals surface area contributed by atoms with E-state index in [1.54, 1.807) is 0 Å². The zero-order valence-corrected chi connectivity index (χ0v) is 11.1. The van der Waals surface area contributed by atoms with Gasteiger partial charge in [-0.15, -0.1) is 0 Å². The summed E-state index contributed by atoms with van der Waals surface area (Å²) in [6.45, 7) is 5.07. The van der Waals surface area contributed by atoms with Gasteiger partial charge >= 0.3 is 0 Å². The highest BCUT2D eigenvalue weighted by molar-refractivity contribution is 5.04. The van der Waals surface area contributed by atoms with Gasteiger partial charge in [-0.2, -0.15) is 5.26 Å².